The van der Waals surface area contributed by atoms with Crippen molar-refractivity contribution in [2.24, 2.45) is 20.5 Å². The van der Waals surface area contributed by atoms with Gasteiger partial charge in [-0.2, -0.15) is 20.5 Å². The minimum Gasteiger partial charge on any atom is -0.151 e. The van der Waals surface area contributed by atoms with Crippen molar-refractivity contribution in [3.05, 3.63) is 120 Å². The van der Waals surface area contributed by atoms with Crippen molar-refractivity contribution in [1.29, 1.82) is 0 Å². The van der Waals surface area contributed by atoms with Crippen molar-refractivity contribution < 1.29 is 0 Å². The van der Waals surface area contributed by atoms with Crippen LogP contribution in [0.15, 0.2) is 130 Å². The highest BCUT2D eigenvalue weighted by molar-refractivity contribution is 5.70. The van der Waals surface area contributed by atoms with Crippen LogP contribution in [0.4, 0.5) is 22.7 Å². The minimum atomic E-state index is 0.823. The van der Waals surface area contributed by atoms with E-state index in [-0.39, 0.29) is 0 Å². The van der Waals surface area contributed by atoms with E-state index in [1.165, 1.54) is 0 Å². The molecule has 0 spiro atoms. The molecule has 30 heavy (non-hydrogen) atoms. The Balaban J connectivity index is 1.36. The van der Waals surface area contributed by atoms with E-state index in [1.54, 1.807) is 0 Å². The van der Waals surface area contributed by atoms with Gasteiger partial charge in [-0.05, 0) is 59.7 Å². The highest BCUT2D eigenvalue weighted by Crippen LogP contribution is 2.21. The highest BCUT2D eigenvalue weighted by atomic mass is 15.1. The van der Waals surface area contributed by atoms with Crippen LogP contribution in [0.2, 0.25) is 0 Å². The summed E-state index contributed by atoms with van der Waals surface area (Å²) in [6.45, 7) is 0. The molecule has 0 aliphatic carbocycles. The second-order valence-corrected chi connectivity index (χ2v) is 6.59. The van der Waals surface area contributed by atoms with Gasteiger partial charge in [0.25, 0.3) is 0 Å². The van der Waals surface area contributed by atoms with Crippen LogP contribution in [0, 0.1) is 0 Å². The zero-order valence-electron chi connectivity index (χ0n) is 16.3. The lowest BCUT2D eigenvalue weighted by Crippen LogP contribution is -1.73. The summed E-state index contributed by atoms with van der Waals surface area (Å²) in [4.78, 5) is 0. The van der Waals surface area contributed by atoms with Crippen molar-refractivity contribution in [3.8, 4) is 0 Å². The molecule has 0 atom stereocenters. The summed E-state index contributed by atoms with van der Waals surface area (Å²) in [5, 5.41) is 17.0. The molecule has 4 heteroatoms. The van der Waals surface area contributed by atoms with Gasteiger partial charge in [-0.15, -0.1) is 0 Å². The summed E-state index contributed by atoms with van der Waals surface area (Å²) in [7, 11) is 0. The van der Waals surface area contributed by atoms with E-state index < -0.39 is 0 Å². The van der Waals surface area contributed by atoms with E-state index >= 15 is 0 Å². The van der Waals surface area contributed by atoms with Crippen LogP contribution in [0.25, 0.3) is 12.2 Å². The number of nitrogens with zero attached hydrogens (tertiary/aromatic N) is 4. The molecule has 0 fully saturated rings. The third-order valence-electron chi connectivity index (χ3n) is 4.33. The van der Waals surface area contributed by atoms with E-state index in [0.717, 1.165) is 33.9 Å². The summed E-state index contributed by atoms with van der Waals surface area (Å²) >= 11 is 0. The molecule has 0 aliphatic rings. The molecule has 0 bridgehead atoms. The predicted octanol–water partition coefficient (Wildman–Crippen LogP) is 8.69. The molecule has 144 valence electrons. The van der Waals surface area contributed by atoms with Crippen LogP contribution in [0.1, 0.15) is 11.1 Å². The first kappa shape index (κ1) is 19.2. The normalized spacial score (nSPS) is 11.6. The van der Waals surface area contributed by atoms with E-state index in [0.29, 0.717) is 0 Å². The Bertz CT molecular complexity index is 1050. The van der Waals surface area contributed by atoms with Crippen LogP contribution in [-0.4, -0.2) is 0 Å². The second kappa shape index (κ2) is 9.85. The molecule has 0 saturated carbocycles. The first-order chi connectivity index (χ1) is 14.8. The van der Waals surface area contributed by atoms with Crippen molar-refractivity contribution in [1.82, 2.24) is 0 Å². The molecule has 0 saturated heterocycles. The molecule has 0 aliphatic heterocycles. The van der Waals surface area contributed by atoms with Gasteiger partial charge >= 0.3 is 0 Å². The van der Waals surface area contributed by atoms with Gasteiger partial charge in [-0.3, -0.25) is 0 Å². The topological polar surface area (TPSA) is 49.4 Å². The molecule has 0 N–H and O–H groups in total. The minimum absolute atomic E-state index is 0.823. The molecule has 4 nitrogen and oxygen atoms in total. The van der Waals surface area contributed by atoms with Crippen molar-refractivity contribution in [3.63, 3.8) is 0 Å². The summed E-state index contributed by atoms with van der Waals surface area (Å²) in [5.74, 6) is 0. The van der Waals surface area contributed by atoms with Crippen LogP contribution in [0.3, 0.4) is 0 Å². The Labute approximate surface area is 176 Å². The maximum absolute atomic E-state index is 4.27. The molecule has 0 amide bonds. The monoisotopic (exact) mass is 388 g/mol. The Hall–Kier alpha value is -4.18. The molecule has 0 radical (unpaired) electrons. The predicted molar refractivity (Wildman–Crippen MR) is 123 cm³/mol. The van der Waals surface area contributed by atoms with Crippen LogP contribution in [-0.2, 0) is 0 Å². The molecule has 0 aromatic heterocycles. The standard InChI is InChI=1S/C26H20N4/c1-3-7-23(8-4-1)27-29-25-17-13-21(14-18-25)11-12-22-15-19-26(20-16-22)30-28-24-9-5-2-6-10-24/h1-20H/b12-11+,29-27+,30-28+. The van der Waals surface area contributed by atoms with E-state index in [4.69, 9.17) is 0 Å². The first-order valence-corrected chi connectivity index (χ1v) is 9.67. The fourth-order valence-corrected chi connectivity index (χ4v) is 2.72. The van der Waals surface area contributed by atoms with E-state index in [2.05, 4.69) is 32.6 Å². The Morgan fingerprint density at radius 3 is 0.967 bits per heavy atom. The van der Waals surface area contributed by atoms with Crippen LogP contribution < -0.4 is 0 Å². The van der Waals surface area contributed by atoms with E-state index in [1.807, 2.05) is 109 Å². The SMILES string of the molecule is C(=C\c1ccc(/N=N/c2ccccc2)cc1)/c1ccc(/N=N/c2ccccc2)cc1. The Morgan fingerprint density at radius 2 is 0.633 bits per heavy atom. The van der Waals surface area contributed by atoms with Gasteiger partial charge in [0.05, 0.1) is 22.7 Å². The average molecular weight is 388 g/mol. The van der Waals surface area contributed by atoms with Crippen molar-refractivity contribution >= 4 is 34.9 Å². The number of rotatable bonds is 6. The maximum Gasteiger partial charge on any atom is 0.0857 e. The lowest BCUT2D eigenvalue weighted by molar-refractivity contribution is 1.23. The summed E-state index contributed by atoms with van der Waals surface area (Å²) in [6.07, 6.45) is 4.14. The molecular formula is C26H20N4. The maximum atomic E-state index is 4.27. The molecule has 4 aromatic rings. The second-order valence-electron chi connectivity index (χ2n) is 6.59. The van der Waals surface area contributed by atoms with E-state index in [9.17, 15) is 0 Å². The third kappa shape index (κ3) is 5.66. The number of hydrogen-bond acceptors (Lipinski definition) is 4. The zero-order valence-corrected chi connectivity index (χ0v) is 16.3. The van der Waals surface area contributed by atoms with Crippen molar-refractivity contribution in [2.75, 3.05) is 0 Å². The van der Waals surface area contributed by atoms with Crippen molar-refractivity contribution in [2.45, 2.75) is 0 Å². The average Bonchev–Trinajstić information content (AvgIpc) is 2.83. The summed E-state index contributed by atoms with van der Waals surface area (Å²) < 4.78 is 0. The van der Waals surface area contributed by atoms with Gasteiger partial charge in [-0.1, -0.05) is 72.8 Å². The Morgan fingerprint density at radius 1 is 0.333 bits per heavy atom. The van der Waals surface area contributed by atoms with Gasteiger partial charge in [0.15, 0.2) is 0 Å². The fourth-order valence-electron chi connectivity index (χ4n) is 2.72. The molecular weight excluding hydrogens is 368 g/mol. The van der Waals surface area contributed by atoms with Gasteiger partial charge in [0.2, 0.25) is 0 Å². The quantitative estimate of drug-likeness (QED) is 0.234. The Kier molecular flexibility index (Phi) is 6.28. The van der Waals surface area contributed by atoms with Gasteiger partial charge < -0.3 is 0 Å². The third-order valence-corrected chi connectivity index (χ3v) is 4.33. The number of benzene rings is 4. The number of hydrogen-bond donors (Lipinski definition) is 0. The smallest absolute Gasteiger partial charge is 0.0857 e. The van der Waals surface area contributed by atoms with Gasteiger partial charge in [0.1, 0.15) is 0 Å². The highest BCUT2D eigenvalue weighted by Gasteiger charge is 1.94. The molecule has 4 aromatic carbocycles. The van der Waals surface area contributed by atoms with Crippen LogP contribution in [0.5, 0.6) is 0 Å². The first-order valence-electron chi connectivity index (χ1n) is 9.67. The zero-order chi connectivity index (χ0) is 20.4. The van der Waals surface area contributed by atoms with Crippen LogP contribution >= 0.6 is 0 Å². The van der Waals surface area contributed by atoms with Gasteiger partial charge in [-0.25, -0.2) is 0 Å². The summed E-state index contributed by atoms with van der Waals surface area (Å²) in [5.41, 5.74) is 5.53. The number of azo groups is 2. The lowest BCUT2D eigenvalue weighted by Gasteiger charge is -1.97. The summed E-state index contributed by atoms with van der Waals surface area (Å²) in [6, 6.07) is 35.3. The largest absolute Gasteiger partial charge is 0.151 e. The van der Waals surface area contributed by atoms with Gasteiger partial charge in [0, 0.05) is 0 Å². The molecule has 0 heterocycles. The molecule has 4 rings (SSSR count). The molecule has 0 unspecified atom stereocenters. The fraction of sp³-hybridized carbons (Fsp3) is 0. The lowest BCUT2D eigenvalue weighted by atomic mass is 10.1.